The summed E-state index contributed by atoms with van der Waals surface area (Å²) in [5, 5.41) is 25.5. The maximum atomic E-state index is 13.5. The maximum absolute atomic E-state index is 13.5. The van der Waals surface area contributed by atoms with Crippen molar-refractivity contribution in [2.45, 2.75) is 38.7 Å². The second-order valence-corrected chi connectivity index (χ2v) is 8.86. The van der Waals surface area contributed by atoms with Gasteiger partial charge < -0.3 is 10.2 Å². The van der Waals surface area contributed by atoms with Gasteiger partial charge in [0.15, 0.2) is 11.6 Å². The summed E-state index contributed by atoms with van der Waals surface area (Å²) >= 11 is 0. The number of aromatic hydroxyl groups is 1. The molecule has 4 nitrogen and oxygen atoms in total. The molecule has 0 radical (unpaired) electrons. The molecule has 5 rings (SSSR count). The molecule has 0 amide bonds. The van der Waals surface area contributed by atoms with E-state index in [1.807, 2.05) is 10.9 Å². The number of phenolic OH excluding ortho intramolecular Hbond substituents is 1. The van der Waals surface area contributed by atoms with Gasteiger partial charge >= 0.3 is 0 Å². The third-order valence-electron chi connectivity index (χ3n) is 7.03. The molecule has 1 fully saturated rings. The number of aliphatic hydroxyl groups is 1. The van der Waals surface area contributed by atoms with Gasteiger partial charge in [-0.2, -0.15) is 5.10 Å². The number of benzene rings is 2. The highest BCUT2D eigenvalue weighted by Gasteiger charge is 2.46. The average molecular weight is 422 g/mol. The van der Waals surface area contributed by atoms with E-state index >= 15 is 0 Å². The number of nitrogens with zero attached hydrogens (tertiary/aromatic N) is 2. The third kappa shape index (κ3) is 3.26. The van der Waals surface area contributed by atoms with Gasteiger partial charge in [0.1, 0.15) is 5.82 Å². The fraction of sp³-hybridized carbons (Fsp3) is 0.320. The van der Waals surface area contributed by atoms with E-state index in [2.05, 4.69) is 18.1 Å². The van der Waals surface area contributed by atoms with Crippen LogP contribution in [0.3, 0.4) is 0 Å². The molecule has 0 spiro atoms. The van der Waals surface area contributed by atoms with E-state index in [4.69, 9.17) is 0 Å². The fourth-order valence-corrected chi connectivity index (χ4v) is 5.32. The van der Waals surface area contributed by atoms with E-state index in [1.165, 1.54) is 29.8 Å². The van der Waals surface area contributed by atoms with Gasteiger partial charge in [-0.25, -0.2) is 13.5 Å². The lowest BCUT2D eigenvalue weighted by atomic mass is 9.57. The van der Waals surface area contributed by atoms with Crippen LogP contribution in [-0.2, 0) is 6.42 Å². The molecule has 160 valence electrons. The first-order chi connectivity index (χ1) is 14.9. The summed E-state index contributed by atoms with van der Waals surface area (Å²) in [6.45, 7) is 2.17. The van der Waals surface area contributed by atoms with Crippen LogP contribution in [-0.4, -0.2) is 20.0 Å². The number of fused-ring (bicyclic) bond motifs is 2. The molecular formula is C25H24F2N2O2. The quantitative estimate of drug-likeness (QED) is 0.599. The van der Waals surface area contributed by atoms with E-state index in [0.29, 0.717) is 5.56 Å². The predicted molar refractivity (Wildman–Crippen MR) is 114 cm³/mol. The minimum atomic E-state index is -0.811. The summed E-state index contributed by atoms with van der Waals surface area (Å²) in [4.78, 5) is 0. The second-order valence-electron chi connectivity index (χ2n) is 8.86. The number of rotatable bonds is 3. The molecule has 2 aliphatic rings. The Morgan fingerprint density at radius 3 is 2.68 bits per heavy atom. The first kappa shape index (κ1) is 19.9. The Kier molecular flexibility index (Phi) is 4.70. The van der Waals surface area contributed by atoms with Crippen molar-refractivity contribution in [3.05, 3.63) is 82.7 Å². The lowest BCUT2D eigenvalue weighted by Crippen LogP contribution is -2.40. The van der Waals surface area contributed by atoms with E-state index < -0.39 is 17.7 Å². The Balaban J connectivity index is 1.51. The summed E-state index contributed by atoms with van der Waals surface area (Å²) in [5.41, 5.74) is 4.39. The highest BCUT2D eigenvalue weighted by Crippen LogP contribution is 2.54. The van der Waals surface area contributed by atoms with Crippen molar-refractivity contribution >= 4 is 6.08 Å². The molecule has 2 N–H and O–H groups in total. The zero-order valence-corrected chi connectivity index (χ0v) is 17.2. The van der Waals surface area contributed by atoms with Crippen LogP contribution >= 0.6 is 0 Å². The van der Waals surface area contributed by atoms with Gasteiger partial charge in [-0.3, -0.25) is 0 Å². The van der Waals surface area contributed by atoms with Crippen molar-refractivity contribution in [3.8, 4) is 11.4 Å². The van der Waals surface area contributed by atoms with Gasteiger partial charge in [-0.15, -0.1) is 0 Å². The van der Waals surface area contributed by atoms with Gasteiger partial charge in [0.2, 0.25) is 0 Å². The molecule has 3 atom stereocenters. The van der Waals surface area contributed by atoms with Gasteiger partial charge in [-0.1, -0.05) is 18.6 Å². The Morgan fingerprint density at radius 2 is 1.94 bits per heavy atom. The molecule has 1 saturated carbocycles. The average Bonchev–Trinajstić information content (AvgIpc) is 3.15. The van der Waals surface area contributed by atoms with Crippen molar-refractivity contribution in [2.75, 3.05) is 0 Å². The highest BCUT2D eigenvalue weighted by atomic mass is 19.1. The monoisotopic (exact) mass is 422 g/mol. The number of hydrogen-bond donors (Lipinski definition) is 2. The van der Waals surface area contributed by atoms with Gasteiger partial charge in [0, 0.05) is 0 Å². The number of aromatic nitrogens is 2. The zero-order chi connectivity index (χ0) is 21.8. The SMILES string of the molecule is C[C@]12Cc3cnn(-c4ccc(F)cc4)c3C=C1CCC[C@@H]2[C@@H](O)c1ccc(F)c(O)c1. The van der Waals surface area contributed by atoms with Gasteiger partial charge in [0.25, 0.3) is 0 Å². The summed E-state index contributed by atoms with van der Waals surface area (Å²) in [6, 6.07) is 10.3. The molecule has 2 aromatic carbocycles. The van der Waals surface area contributed by atoms with E-state index in [-0.39, 0.29) is 17.2 Å². The normalized spacial score (nSPS) is 23.6. The highest BCUT2D eigenvalue weighted by molar-refractivity contribution is 5.61. The Labute approximate surface area is 179 Å². The van der Waals surface area contributed by atoms with Crippen LogP contribution in [0.4, 0.5) is 8.78 Å². The van der Waals surface area contributed by atoms with E-state index in [9.17, 15) is 19.0 Å². The molecular weight excluding hydrogens is 398 g/mol. The molecule has 2 aliphatic carbocycles. The number of aliphatic hydroxyl groups excluding tert-OH is 1. The van der Waals surface area contributed by atoms with Crippen molar-refractivity contribution in [1.82, 2.24) is 9.78 Å². The molecule has 1 heterocycles. The molecule has 1 aromatic heterocycles. The fourth-order valence-electron chi connectivity index (χ4n) is 5.32. The number of hydrogen-bond acceptors (Lipinski definition) is 3. The number of allylic oxidation sites excluding steroid dienone is 1. The molecule has 0 saturated heterocycles. The molecule has 0 bridgehead atoms. The van der Waals surface area contributed by atoms with Crippen LogP contribution in [0.1, 0.15) is 49.1 Å². The zero-order valence-electron chi connectivity index (χ0n) is 17.2. The summed E-state index contributed by atoms with van der Waals surface area (Å²) in [5.74, 6) is -1.49. The Hall–Kier alpha value is -2.99. The minimum absolute atomic E-state index is 0.0697. The minimum Gasteiger partial charge on any atom is -0.505 e. The first-order valence-electron chi connectivity index (χ1n) is 10.6. The van der Waals surface area contributed by atoms with Crippen molar-refractivity contribution in [1.29, 1.82) is 0 Å². The summed E-state index contributed by atoms with van der Waals surface area (Å²) in [7, 11) is 0. The van der Waals surface area contributed by atoms with Crippen LogP contribution in [0, 0.1) is 23.0 Å². The summed E-state index contributed by atoms with van der Waals surface area (Å²) in [6.07, 6.45) is 6.64. The maximum Gasteiger partial charge on any atom is 0.164 e. The number of phenols is 1. The van der Waals surface area contributed by atoms with Crippen molar-refractivity contribution < 1.29 is 19.0 Å². The van der Waals surface area contributed by atoms with Crippen molar-refractivity contribution in [3.63, 3.8) is 0 Å². The van der Waals surface area contributed by atoms with Crippen LogP contribution in [0.5, 0.6) is 5.75 Å². The van der Waals surface area contributed by atoms with Crippen LogP contribution in [0.25, 0.3) is 11.8 Å². The smallest absolute Gasteiger partial charge is 0.164 e. The molecule has 0 unspecified atom stereocenters. The lowest BCUT2D eigenvalue weighted by Gasteiger charge is -2.47. The van der Waals surface area contributed by atoms with E-state index in [0.717, 1.165) is 42.6 Å². The lowest BCUT2D eigenvalue weighted by molar-refractivity contribution is 0.0215. The predicted octanol–water partition coefficient (Wildman–Crippen LogP) is 5.34. The second kappa shape index (κ2) is 7.31. The van der Waals surface area contributed by atoms with E-state index in [1.54, 1.807) is 18.2 Å². The first-order valence-corrected chi connectivity index (χ1v) is 10.6. The molecule has 31 heavy (non-hydrogen) atoms. The third-order valence-corrected chi connectivity index (χ3v) is 7.03. The van der Waals surface area contributed by atoms with Crippen LogP contribution in [0.2, 0.25) is 0 Å². The molecule has 6 heteroatoms. The Bertz CT molecular complexity index is 1170. The summed E-state index contributed by atoms with van der Waals surface area (Å²) < 4.78 is 28.7. The molecule has 3 aromatic rings. The van der Waals surface area contributed by atoms with Crippen molar-refractivity contribution in [2.24, 2.45) is 11.3 Å². The molecule has 0 aliphatic heterocycles. The van der Waals surface area contributed by atoms with Gasteiger partial charge in [0.05, 0.1) is 23.7 Å². The standard InChI is InChI=1S/C25H24F2N2O2/c1-25-13-16-14-28-29(19-8-6-18(26)7-9-19)22(16)12-17(25)3-2-4-20(25)24(31)15-5-10-21(27)23(30)11-15/h5-12,14,20,24,30-31H,2-4,13H2,1H3/t20-,24+,25+/m1/s1. The van der Waals surface area contributed by atoms with Crippen LogP contribution < -0.4 is 0 Å². The van der Waals surface area contributed by atoms with Crippen LogP contribution in [0.15, 0.2) is 54.2 Å². The largest absolute Gasteiger partial charge is 0.505 e. The Morgan fingerprint density at radius 1 is 1.16 bits per heavy atom. The van der Waals surface area contributed by atoms with Gasteiger partial charge in [-0.05, 0) is 90.6 Å². The number of halogens is 2. The topological polar surface area (TPSA) is 58.3 Å².